The van der Waals surface area contributed by atoms with E-state index < -0.39 is 5.60 Å². The van der Waals surface area contributed by atoms with E-state index in [1.807, 2.05) is 42.6 Å². The van der Waals surface area contributed by atoms with Crippen molar-refractivity contribution in [3.63, 3.8) is 0 Å². The van der Waals surface area contributed by atoms with Crippen molar-refractivity contribution in [2.75, 3.05) is 6.54 Å². The second kappa shape index (κ2) is 5.59. The zero-order chi connectivity index (χ0) is 15.7. The van der Waals surface area contributed by atoms with Crippen LogP contribution in [0, 0.1) is 6.92 Å². The van der Waals surface area contributed by atoms with Gasteiger partial charge in [-0.3, -0.25) is 4.79 Å². The van der Waals surface area contributed by atoms with E-state index in [1.165, 1.54) is 11.3 Å². The van der Waals surface area contributed by atoms with Crippen LogP contribution < -0.4 is 5.32 Å². The van der Waals surface area contributed by atoms with Gasteiger partial charge in [-0.2, -0.15) is 0 Å². The normalized spacial score (nSPS) is 14.0. The van der Waals surface area contributed by atoms with Crippen molar-refractivity contribution in [3.8, 4) is 0 Å². The highest BCUT2D eigenvalue weighted by molar-refractivity contribution is 7.12. The lowest BCUT2D eigenvalue weighted by Crippen LogP contribution is -2.38. The number of rotatable bonds is 4. The van der Waals surface area contributed by atoms with Crippen LogP contribution in [0.5, 0.6) is 0 Å². The van der Waals surface area contributed by atoms with Crippen molar-refractivity contribution in [1.29, 1.82) is 0 Å². The molecular formula is C17H17NO3S. The third kappa shape index (κ3) is 2.91. The van der Waals surface area contributed by atoms with Gasteiger partial charge in [0.2, 0.25) is 0 Å². The van der Waals surface area contributed by atoms with Gasteiger partial charge in [0.25, 0.3) is 5.91 Å². The van der Waals surface area contributed by atoms with Gasteiger partial charge in [0.15, 0.2) is 0 Å². The molecule has 0 fully saturated rings. The Balaban J connectivity index is 1.74. The second-order valence-corrected chi connectivity index (χ2v) is 6.50. The van der Waals surface area contributed by atoms with E-state index in [9.17, 15) is 9.90 Å². The first-order valence-corrected chi connectivity index (χ1v) is 7.88. The Morgan fingerprint density at radius 3 is 2.82 bits per heavy atom. The molecule has 5 heteroatoms. The van der Waals surface area contributed by atoms with Crippen molar-refractivity contribution >= 4 is 28.2 Å². The standard InChI is InChI=1S/C17H17NO3S/c1-11-7-14(22-9-11)16(19)18-10-17(2,20)15-8-12-5-3-4-6-13(12)21-15/h3-9,20H,10H2,1-2H3,(H,18,19)/t17-/m1/s1. The van der Waals surface area contributed by atoms with Gasteiger partial charge in [-0.15, -0.1) is 11.3 Å². The van der Waals surface area contributed by atoms with Gasteiger partial charge >= 0.3 is 0 Å². The van der Waals surface area contributed by atoms with E-state index in [1.54, 1.807) is 13.0 Å². The molecule has 3 rings (SSSR count). The van der Waals surface area contributed by atoms with Crippen molar-refractivity contribution in [3.05, 3.63) is 58.0 Å². The van der Waals surface area contributed by atoms with E-state index in [0.717, 1.165) is 16.5 Å². The lowest BCUT2D eigenvalue weighted by molar-refractivity contribution is 0.0345. The molecule has 0 bridgehead atoms. The molecule has 0 unspecified atom stereocenters. The number of hydrogen-bond donors (Lipinski definition) is 2. The molecular weight excluding hydrogens is 298 g/mol. The minimum atomic E-state index is -1.26. The monoisotopic (exact) mass is 315 g/mol. The lowest BCUT2D eigenvalue weighted by atomic mass is 10.0. The number of para-hydroxylation sites is 1. The van der Waals surface area contributed by atoms with Crippen molar-refractivity contribution in [1.82, 2.24) is 5.32 Å². The Bertz CT molecular complexity index is 783. The van der Waals surface area contributed by atoms with E-state index in [0.29, 0.717) is 10.6 Å². The summed E-state index contributed by atoms with van der Waals surface area (Å²) in [4.78, 5) is 12.7. The minimum absolute atomic E-state index is 0.0859. The summed E-state index contributed by atoms with van der Waals surface area (Å²) in [5, 5.41) is 16.2. The maximum absolute atomic E-state index is 12.1. The first-order chi connectivity index (χ1) is 10.5. The third-order valence-electron chi connectivity index (χ3n) is 3.50. The zero-order valence-electron chi connectivity index (χ0n) is 12.4. The molecule has 3 aromatic rings. The van der Waals surface area contributed by atoms with Crippen LogP contribution in [0.25, 0.3) is 11.0 Å². The van der Waals surface area contributed by atoms with Crippen molar-refractivity contribution < 1.29 is 14.3 Å². The molecule has 0 spiro atoms. The smallest absolute Gasteiger partial charge is 0.261 e. The molecule has 0 radical (unpaired) electrons. The van der Waals surface area contributed by atoms with Crippen LogP contribution in [0.2, 0.25) is 0 Å². The molecule has 0 saturated heterocycles. The molecule has 0 aliphatic heterocycles. The number of aryl methyl sites for hydroxylation is 1. The average Bonchev–Trinajstić information content (AvgIpc) is 3.11. The number of benzene rings is 1. The molecule has 1 amide bonds. The molecule has 1 aromatic carbocycles. The van der Waals surface area contributed by atoms with E-state index >= 15 is 0 Å². The van der Waals surface area contributed by atoms with Gasteiger partial charge in [0, 0.05) is 5.39 Å². The highest BCUT2D eigenvalue weighted by Crippen LogP contribution is 2.27. The first-order valence-electron chi connectivity index (χ1n) is 7.00. The van der Waals surface area contributed by atoms with Crippen LogP contribution in [-0.4, -0.2) is 17.6 Å². The Kier molecular flexibility index (Phi) is 3.76. The summed E-state index contributed by atoms with van der Waals surface area (Å²) >= 11 is 1.39. The Labute approximate surface area is 132 Å². The number of furan rings is 1. The van der Waals surface area contributed by atoms with Crippen LogP contribution in [0.3, 0.4) is 0 Å². The number of amides is 1. The molecule has 114 valence electrons. The van der Waals surface area contributed by atoms with Crippen molar-refractivity contribution in [2.24, 2.45) is 0 Å². The molecule has 0 aliphatic carbocycles. The quantitative estimate of drug-likeness (QED) is 0.775. The number of hydrogen-bond acceptors (Lipinski definition) is 4. The van der Waals surface area contributed by atoms with Gasteiger partial charge in [0.1, 0.15) is 16.9 Å². The molecule has 2 N–H and O–H groups in total. The van der Waals surface area contributed by atoms with Crippen LogP contribution in [0.1, 0.15) is 27.9 Å². The van der Waals surface area contributed by atoms with Gasteiger partial charge in [-0.1, -0.05) is 18.2 Å². The Hall–Kier alpha value is -2.11. The Morgan fingerprint density at radius 1 is 1.36 bits per heavy atom. The maximum atomic E-state index is 12.1. The molecule has 0 aliphatic rings. The lowest BCUT2D eigenvalue weighted by Gasteiger charge is -2.20. The van der Waals surface area contributed by atoms with Gasteiger partial charge < -0.3 is 14.8 Å². The number of fused-ring (bicyclic) bond motifs is 1. The second-order valence-electron chi connectivity index (χ2n) is 5.59. The number of thiophene rings is 1. The molecule has 2 heterocycles. The zero-order valence-corrected chi connectivity index (χ0v) is 13.2. The molecule has 4 nitrogen and oxygen atoms in total. The third-order valence-corrected chi connectivity index (χ3v) is 4.55. The predicted molar refractivity (Wildman–Crippen MR) is 87.2 cm³/mol. The van der Waals surface area contributed by atoms with Crippen LogP contribution in [-0.2, 0) is 5.60 Å². The van der Waals surface area contributed by atoms with Gasteiger partial charge in [-0.25, -0.2) is 0 Å². The molecule has 1 atom stereocenters. The molecule has 2 aromatic heterocycles. The van der Waals surface area contributed by atoms with Crippen LogP contribution in [0.15, 0.2) is 46.2 Å². The fourth-order valence-electron chi connectivity index (χ4n) is 2.22. The van der Waals surface area contributed by atoms with E-state index in [2.05, 4.69) is 5.32 Å². The maximum Gasteiger partial charge on any atom is 0.261 e. The number of aliphatic hydroxyl groups is 1. The highest BCUT2D eigenvalue weighted by Gasteiger charge is 2.28. The van der Waals surface area contributed by atoms with E-state index in [4.69, 9.17) is 4.42 Å². The summed E-state index contributed by atoms with van der Waals surface area (Å²) < 4.78 is 5.68. The topological polar surface area (TPSA) is 62.5 Å². The van der Waals surface area contributed by atoms with Crippen LogP contribution >= 0.6 is 11.3 Å². The summed E-state index contributed by atoms with van der Waals surface area (Å²) in [6.07, 6.45) is 0. The number of carbonyl (C=O) groups is 1. The number of nitrogens with one attached hydrogen (secondary N) is 1. The first kappa shape index (κ1) is 14.8. The van der Waals surface area contributed by atoms with Crippen LogP contribution in [0.4, 0.5) is 0 Å². The summed E-state index contributed by atoms with van der Waals surface area (Å²) in [7, 11) is 0. The SMILES string of the molecule is Cc1csc(C(=O)NC[C@@](C)(O)c2cc3ccccc3o2)c1. The molecule has 0 saturated carbocycles. The summed E-state index contributed by atoms with van der Waals surface area (Å²) in [5.74, 6) is 0.255. The fourth-order valence-corrected chi connectivity index (χ4v) is 3.04. The Morgan fingerprint density at radius 2 is 2.14 bits per heavy atom. The predicted octanol–water partition coefficient (Wildman–Crippen LogP) is 3.44. The highest BCUT2D eigenvalue weighted by atomic mass is 32.1. The summed E-state index contributed by atoms with van der Waals surface area (Å²) in [5.41, 5.74) is 0.512. The summed E-state index contributed by atoms with van der Waals surface area (Å²) in [6, 6.07) is 11.2. The number of carbonyl (C=O) groups excluding carboxylic acids is 1. The largest absolute Gasteiger partial charge is 0.458 e. The van der Waals surface area contributed by atoms with E-state index in [-0.39, 0.29) is 12.5 Å². The molecule has 22 heavy (non-hydrogen) atoms. The van der Waals surface area contributed by atoms with Gasteiger partial charge in [-0.05, 0) is 43.0 Å². The van der Waals surface area contributed by atoms with Gasteiger partial charge in [0.05, 0.1) is 11.4 Å². The minimum Gasteiger partial charge on any atom is -0.458 e. The average molecular weight is 315 g/mol. The fraction of sp³-hybridized carbons (Fsp3) is 0.235. The summed E-state index contributed by atoms with van der Waals surface area (Å²) in [6.45, 7) is 3.66. The van der Waals surface area contributed by atoms with Crippen molar-refractivity contribution in [2.45, 2.75) is 19.4 Å².